The van der Waals surface area contributed by atoms with Crippen LogP contribution in [-0.2, 0) is 4.79 Å². The third-order valence-corrected chi connectivity index (χ3v) is 5.35. The SMILES string of the molecule is CC1CC[C@@]23C(=O)C=C[C@]2(C)CC[C@@H]13. The van der Waals surface area contributed by atoms with E-state index in [4.69, 9.17) is 0 Å². The van der Waals surface area contributed by atoms with Gasteiger partial charge < -0.3 is 0 Å². The van der Waals surface area contributed by atoms with Gasteiger partial charge in [0.05, 0.1) is 0 Å². The monoisotopic (exact) mass is 190 g/mol. The van der Waals surface area contributed by atoms with Crippen LogP contribution in [0.25, 0.3) is 0 Å². The highest BCUT2D eigenvalue weighted by molar-refractivity contribution is 5.99. The third-order valence-electron chi connectivity index (χ3n) is 5.35. The van der Waals surface area contributed by atoms with Crippen LogP contribution < -0.4 is 0 Å². The van der Waals surface area contributed by atoms with E-state index in [2.05, 4.69) is 19.9 Å². The van der Waals surface area contributed by atoms with E-state index in [1.165, 1.54) is 19.3 Å². The first kappa shape index (κ1) is 8.70. The van der Waals surface area contributed by atoms with Crippen LogP contribution in [0.4, 0.5) is 0 Å². The topological polar surface area (TPSA) is 17.1 Å². The third kappa shape index (κ3) is 0.687. The van der Waals surface area contributed by atoms with Gasteiger partial charge in [-0.05, 0) is 49.0 Å². The van der Waals surface area contributed by atoms with Gasteiger partial charge in [-0.3, -0.25) is 4.79 Å². The Morgan fingerprint density at radius 1 is 1.36 bits per heavy atom. The second-order valence-electron chi connectivity index (χ2n) is 5.75. The molecule has 0 aromatic rings. The predicted molar refractivity (Wildman–Crippen MR) is 55.8 cm³/mol. The molecule has 14 heavy (non-hydrogen) atoms. The van der Waals surface area contributed by atoms with Crippen LogP contribution in [0.3, 0.4) is 0 Å². The summed E-state index contributed by atoms with van der Waals surface area (Å²) in [6, 6.07) is 0. The normalized spacial score (nSPS) is 55.1. The number of allylic oxidation sites excluding steroid dienone is 2. The van der Waals surface area contributed by atoms with Gasteiger partial charge in [0.1, 0.15) is 0 Å². The van der Waals surface area contributed by atoms with Crippen molar-refractivity contribution in [3.63, 3.8) is 0 Å². The molecule has 0 N–H and O–H groups in total. The fraction of sp³-hybridized carbons (Fsp3) is 0.769. The summed E-state index contributed by atoms with van der Waals surface area (Å²) in [5.41, 5.74) is 0.242. The van der Waals surface area contributed by atoms with Crippen molar-refractivity contribution in [1.29, 1.82) is 0 Å². The second-order valence-corrected chi connectivity index (χ2v) is 5.75. The minimum Gasteiger partial charge on any atom is -0.294 e. The molecule has 3 aliphatic rings. The molecule has 0 aromatic heterocycles. The van der Waals surface area contributed by atoms with Crippen LogP contribution in [-0.4, -0.2) is 5.78 Å². The molecular formula is C13H18O. The maximum Gasteiger partial charge on any atom is 0.162 e. The van der Waals surface area contributed by atoms with E-state index in [1.54, 1.807) is 0 Å². The molecular weight excluding hydrogens is 172 g/mol. The zero-order valence-electron chi connectivity index (χ0n) is 9.05. The van der Waals surface area contributed by atoms with Crippen molar-refractivity contribution in [2.24, 2.45) is 22.7 Å². The Kier molecular flexibility index (Phi) is 1.44. The van der Waals surface area contributed by atoms with E-state index >= 15 is 0 Å². The van der Waals surface area contributed by atoms with Gasteiger partial charge in [-0.1, -0.05) is 19.9 Å². The van der Waals surface area contributed by atoms with Gasteiger partial charge in [0.2, 0.25) is 0 Å². The van der Waals surface area contributed by atoms with Gasteiger partial charge in [-0.15, -0.1) is 0 Å². The molecule has 0 saturated heterocycles. The van der Waals surface area contributed by atoms with Gasteiger partial charge in [-0.25, -0.2) is 0 Å². The van der Waals surface area contributed by atoms with Gasteiger partial charge >= 0.3 is 0 Å². The molecule has 0 aromatic carbocycles. The number of carbonyl (C=O) groups excluding carboxylic acids is 1. The highest BCUT2D eigenvalue weighted by atomic mass is 16.1. The molecule has 3 rings (SSSR count). The van der Waals surface area contributed by atoms with E-state index in [9.17, 15) is 4.79 Å². The Balaban J connectivity index is 2.14. The maximum absolute atomic E-state index is 12.1. The molecule has 4 atom stereocenters. The van der Waals surface area contributed by atoms with E-state index in [-0.39, 0.29) is 10.8 Å². The molecule has 1 spiro atoms. The Labute approximate surface area is 85.6 Å². The van der Waals surface area contributed by atoms with E-state index < -0.39 is 0 Å². The molecule has 1 heteroatoms. The predicted octanol–water partition coefficient (Wildman–Crippen LogP) is 2.96. The van der Waals surface area contributed by atoms with Crippen molar-refractivity contribution in [2.75, 3.05) is 0 Å². The fourth-order valence-electron chi connectivity index (χ4n) is 4.47. The number of ketones is 1. The quantitative estimate of drug-likeness (QED) is 0.574. The van der Waals surface area contributed by atoms with Crippen LogP contribution in [0.2, 0.25) is 0 Å². The smallest absolute Gasteiger partial charge is 0.162 e. The summed E-state index contributed by atoms with van der Waals surface area (Å²) in [5.74, 6) is 1.88. The molecule has 0 radical (unpaired) electrons. The van der Waals surface area contributed by atoms with Gasteiger partial charge in [-0.2, -0.15) is 0 Å². The van der Waals surface area contributed by atoms with Crippen molar-refractivity contribution < 1.29 is 4.79 Å². The lowest BCUT2D eigenvalue weighted by molar-refractivity contribution is -0.127. The lowest BCUT2D eigenvalue weighted by Gasteiger charge is -2.36. The first-order chi connectivity index (χ1) is 6.60. The van der Waals surface area contributed by atoms with E-state index in [0.29, 0.717) is 11.7 Å². The summed E-state index contributed by atoms with van der Waals surface area (Å²) in [4.78, 5) is 12.1. The zero-order chi connectivity index (χ0) is 9.97. The standard InChI is InChI=1S/C13H18O/c1-9-3-8-13-10(9)4-6-12(13,2)7-5-11(13)14/h5,7,9-10H,3-4,6,8H2,1-2H3/t9?,10-,12-,13+/m0/s1. The molecule has 2 fully saturated rings. The number of hydrogen-bond acceptors (Lipinski definition) is 1. The summed E-state index contributed by atoms with van der Waals surface area (Å²) in [7, 11) is 0. The van der Waals surface area contributed by atoms with Crippen molar-refractivity contribution in [1.82, 2.24) is 0 Å². The van der Waals surface area contributed by atoms with Gasteiger partial charge in [0.15, 0.2) is 5.78 Å². The van der Waals surface area contributed by atoms with Gasteiger partial charge in [0.25, 0.3) is 0 Å². The minimum absolute atomic E-state index is 0.0341. The lowest BCUT2D eigenvalue weighted by Crippen LogP contribution is -2.38. The first-order valence-corrected chi connectivity index (χ1v) is 5.84. The Morgan fingerprint density at radius 3 is 2.93 bits per heavy atom. The largest absolute Gasteiger partial charge is 0.294 e. The maximum atomic E-state index is 12.1. The summed E-state index contributed by atoms with van der Waals surface area (Å²) in [6.45, 7) is 4.63. The van der Waals surface area contributed by atoms with Crippen molar-refractivity contribution in [3.8, 4) is 0 Å². The number of hydrogen-bond donors (Lipinski definition) is 0. The Morgan fingerprint density at radius 2 is 2.14 bits per heavy atom. The van der Waals surface area contributed by atoms with Crippen molar-refractivity contribution in [3.05, 3.63) is 12.2 Å². The van der Waals surface area contributed by atoms with Gasteiger partial charge in [0, 0.05) is 5.41 Å². The highest BCUT2D eigenvalue weighted by Crippen LogP contribution is 2.68. The zero-order valence-corrected chi connectivity index (χ0v) is 9.05. The molecule has 3 aliphatic carbocycles. The molecule has 0 amide bonds. The average molecular weight is 190 g/mol. The van der Waals surface area contributed by atoms with Crippen LogP contribution in [0.15, 0.2) is 12.2 Å². The molecule has 1 unspecified atom stereocenters. The highest BCUT2D eigenvalue weighted by Gasteiger charge is 2.65. The van der Waals surface area contributed by atoms with Crippen LogP contribution >= 0.6 is 0 Å². The molecule has 1 nitrogen and oxygen atoms in total. The number of carbonyl (C=O) groups is 1. The number of rotatable bonds is 0. The molecule has 0 aliphatic heterocycles. The van der Waals surface area contributed by atoms with Crippen LogP contribution in [0.5, 0.6) is 0 Å². The molecule has 0 bridgehead atoms. The van der Waals surface area contributed by atoms with Crippen LogP contribution in [0, 0.1) is 22.7 Å². The fourth-order valence-corrected chi connectivity index (χ4v) is 4.47. The minimum atomic E-state index is 0.0341. The lowest BCUT2D eigenvalue weighted by atomic mass is 9.65. The summed E-state index contributed by atoms with van der Waals surface area (Å²) < 4.78 is 0. The molecule has 76 valence electrons. The average Bonchev–Trinajstić information content (AvgIpc) is 2.70. The Hall–Kier alpha value is -0.590. The van der Waals surface area contributed by atoms with Crippen LogP contribution in [0.1, 0.15) is 39.5 Å². The first-order valence-electron chi connectivity index (χ1n) is 5.84. The molecule has 0 heterocycles. The summed E-state index contributed by atoms with van der Waals surface area (Å²) in [5, 5.41) is 0. The van der Waals surface area contributed by atoms with Crippen molar-refractivity contribution >= 4 is 5.78 Å². The summed E-state index contributed by atoms with van der Waals surface area (Å²) in [6.07, 6.45) is 8.96. The van der Waals surface area contributed by atoms with E-state index in [1.807, 2.05) is 6.08 Å². The second kappa shape index (κ2) is 2.32. The van der Waals surface area contributed by atoms with E-state index in [0.717, 1.165) is 12.3 Å². The summed E-state index contributed by atoms with van der Waals surface area (Å²) >= 11 is 0. The van der Waals surface area contributed by atoms with Crippen molar-refractivity contribution in [2.45, 2.75) is 39.5 Å². The Bertz CT molecular complexity index is 330. The molecule has 2 saturated carbocycles.